The van der Waals surface area contributed by atoms with E-state index in [1.165, 1.54) is 0 Å². The van der Waals surface area contributed by atoms with E-state index in [-0.39, 0.29) is 11.2 Å². The Morgan fingerprint density at radius 1 is 1.25 bits per heavy atom. The first-order chi connectivity index (χ1) is 5.75. The Labute approximate surface area is 80.6 Å². The molecule has 2 unspecified atom stereocenters. The fourth-order valence-corrected chi connectivity index (χ4v) is 3.98. The standard InChI is InChI=1S/C7H14O3S2/c8-4-5(9)6(10)7-11-2-1-3-12-7/h5-10H,1-4H2. The minimum absolute atomic E-state index is 0.0286. The van der Waals surface area contributed by atoms with Gasteiger partial charge in [0.05, 0.1) is 11.2 Å². The average molecular weight is 210 g/mol. The zero-order chi connectivity index (χ0) is 8.97. The van der Waals surface area contributed by atoms with Gasteiger partial charge in [0, 0.05) is 0 Å². The Balaban J connectivity index is 2.33. The first kappa shape index (κ1) is 10.7. The maximum Gasteiger partial charge on any atom is 0.105 e. The number of rotatable bonds is 3. The van der Waals surface area contributed by atoms with Crippen LogP contribution < -0.4 is 0 Å². The smallest absolute Gasteiger partial charge is 0.105 e. The van der Waals surface area contributed by atoms with E-state index in [4.69, 9.17) is 10.2 Å². The van der Waals surface area contributed by atoms with Crippen LogP contribution in [0.3, 0.4) is 0 Å². The maximum atomic E-state index is 9.49. The van der Waals surface area contributed by atoms with Crippen molar-refractivity contribution < 1.29 is 15.3 Å². The molecule has 0 saturated carbocycles. The van der Waals surface area contributed by atoms with Gasteiger partial charge >= 0.3 is 0 Å². The van der Waals surface area contributed by atoms with Crippen LogP contribution in [0.5, 0.6) is 0 Å². The van der Waals surface area contributed by atoms with E-state index in [1.807, 2.05) is 0 Å². The van der Waals surface area contributed by atoms with E-state index in [0.717, 1.165) is 17.9 Å². The van der Waals surface area contributed by atoms with E-state index in [1.54, 1.807) is 23.5 Å². The molecule has 0 aromatic carbocycles. The first-order valence-electron chi connectivity index (χ1n) is 3.96. The minimum Gasteiger partial charge on any atom is -0.394 e. The molecule has 5 heteroatoms. The summed E-state index contributed by atoms with van der Waals surface area (Å²) in [5.41, 5.74) is 0. The Morgan fingerprint density at radius 3 is 2.33 bits per heavy atom. The van der Waals surface area contributed by atoms with Crippen LogP contribution in [-0.4, -0.2) is 50.2 Å². The summed E-state index contributed by atoms with van der Waals surface area (Å²) in [4.78, 5) is 0. The van der Waals surface area contributed by atoms with E-state index in [0.29, 0.717) is 0 Å². The molecule has 0 aromatic rings. The summed E-state index contributed by atoms with van der Waals surface area (Å²) in [5, 5.41) is 27.3. The number of aliphatic hydroxyl groups excluding tert-OH is 3. The fraction of sp³-hybridized carbons (Fsp3) is 1.00. The van der Waals surface area contributed by atoms with Crippen molar-refractivity contribution in [2.45, 2.75) is 23.2 Å². The Hall–Kier alpha value is 0.580. The topological polar surface area (TPSA) is 60.7 Å². The average Bonchev–Trinajstić information content (AvgIpc) is 2.17. The summed E-state index contributed by atoms with van der Waals surface area (Å²) in [6.45, 7) is -0.362. The summed E-state index contributed by atoms with van der Waals surface area (Å²) in [6, 6.07) is 0. The van der Waals surface area contributed by atoms with Gasteiger partial charge in [0.25, 0.3) is 0 Å². The zero-order valence-electron chi connectivity index (χ0n) is 6.72. The number of aliphatic hydroxyl groups is 3. The van der Waals surface area contributed by atoms with Crippen LogP contribution >= 0.6 is 23.5 Å². The SMILES string of the molecule is OCC(O)C(O)C1SCCCS1. The molecule has 0 aromatic heterocycles. The molecule has 1 aliphatic rings. The summed E-state index contributed by atoms with van der Waals surface area (Å²) in [6.07, 6.45) is -0.633. The Morgan fingerprint density at radius 2 is 1.83 bits per heavy atom. The minimum atomic E-state index is -0.993. The van der Waals surface area contributed by atoms with Gasteiger partial charge in [0.2, 0.25) is 0 Å². The van der Waals surface area contributed by atoms with Gasteiger partial charge in [-0.1, -0.05) is 0 Å². The molecule has 1 fully saturated rings. The highest BCUT2D eigenvalue weighted by Gasteiger charge is 2.28. The second-order valence-electron chi connectivity index (χ2n) is 2.70. The van der Waals surface area contributed by atoms with E-state index in [2.05, 4.69) is 0 Å². The molecular weight excluding hydrogens is 196 g/mol. The van der Waals surface area contributed by atoms with Gasteiger partial charge in [-0.3, -0.25) is 0 Å². The molecule has 0 bridgehead atoms. The third kappa shape index (κ3) is 2.81. The molecule has 12 heavy (non-hydrogen) atoms. The highest BCUT2D eigenvalue weighted by molar-refractivity contribution is 8.17. The lowest BCUT2D eigenvalue weighted by Crippen LogP contribution is -2.37. The highest BCUT2D eigenvalue weighted by atomic mass is 32.2. The van der Waals surface area contributed by atoms with Crippen molar-refractivity contribution in [3.63, 3.8) is 0 Å². The zero-order valence-corrected chi connectivity index (χ0v) is 8.35. The van der Waals surface area contributed by atoms with Crippen molar-refractivity contribution in [3.8, 4) is 0 Å². The van der Waals surface area contributed by atoms with Gasteiger partial charge < -0.3 is 15.3 Å². The fourth-order valence-electron chi connectivity index (χ4n) is 0.993. The van der Waals surface area contributed by atoms with Crippen LogP contribution in [0.1, 0.15) is 6.42 Å². The molecule has 1 heterocycles. The lowest BCUT2D eigenvalue weighted by atomic mass is 10.2. The highest BCUT2D eigenvalue weighted by Crippen LogP contribution is 2.33. The van der Waals surface area contributed by atoms with Crippen molar-refractivity contribution in [2.24, 2.45) is 0 Å². The monoisotopic (exact) mass is 210 g/mol. The predicted molar refractivity (Wildman–Crippen MR) is 52.4 cm³/mol. The molecule has 0 amide bonds. The molecule has 0 aliphatic carbocycles. The van der Waals surface area contributed by atoms with E-state index >= 15 is 0 Å². The molecule has 1 rings (SSSR count). The molecule has 2 atom stereocenters. The number of thioether (sulfide) groups is 2. The Bertz CT molecular complexity index is 128. The quantitative estimate of drug-likeness (QED) is 0.607. The predicted octanol–water partition coefficient (Wildman–Crippen LogP) is -0.103. The molecule has 0 spiro atoms. The van der Waals surface area contributed by atoms with E-state index < -0.39 is 12.2 Å². The van der Waals surface area contributed by atoms with Crippen molar-refractivity contribution >= 4 is 23.5 Å². The number of hydrogen-bond donors (Lipinski definition) is 3. The second-order valence-corrected chi connectivity index (χ2v) is 5.50. The van der Waals surface area contributed by atoms with Gasteiger partial charge in [0.15, 0.2) is 0 Å². The van der Waals surface area contributed by atoms with Crippen molar-refractivity contribution in [2.75, 3.05) is 18.1 Å². The Kier molecular flexibility index (Phi) is 4.74. The third-order valence-electron chi connectivity index (χ3n) is 1.71. The van der Waals surface area contributed by atoms with Crippen molar-refractivity contribution in [1.82, 2.24) is 0 Å². The van der Waals surface area contributed by atoms with Crippen LogP contribution in [0.4, 0.5) is 0 Å². The van der Waals surface area contributed by atoms with Crippen LogP contribution in [0.2, 0.25) is 0 Å². The summed E-state index contributed by atoms with van der Waals surface area (Å²) < 4.78 is 0.0286. The molecule has 1 aliphatic heterocycles. The lowest BCUT2D eigenvalue weighted by molar-refractivity contribution is -0.00550. The second kappa shape index (κ2) is 5.34. The van der Waals surface area contributed by atoms with Crippen molar-refractivity contribution in [1.29, 1.82) is 0 Å². The van der Waals surface area contributed by atoms with Crippen LogP contribution in [0, 0.1) is 0 Å². The lowest BCUT2D eigenvalue weighted by Gasteiger charge is -2.27. The maximum absolute atomic E-state index is 9.49. The molecule has 0 radical (unpaired) electrons. The molecule has 1 saturated heterocycles. The summed E-state index contributed by atoms with van der Waals surface area (Å²) in [7, 11) is 0. The number of hydrogen-bond acceptors (Lipinski definition) is 5. The van der Waals surface area contributed by atoms with Crippen LogP contribution in [0.25, 0.3) is 0 Å². The van der Waals surface area contributed by atoms with E-state index in [9.17, 15) is 5.11 Å². The summed E-state index contributed by atoms with van der Waals surface area (Å²) >= 11 is 3.31. The van der Waals surface area contributed by atoms with Gasteiger partial charge in [-0.05, 0) is 17.9 Å². The van der Waals surface area contributed by atoms with Crippen molar-refractivity contribution in [3.05, 3.63) is 0 Å². The van der Waals surface area contributed by atoms with Gasteiger partial charge in [-0.15, -0.1) is 23.5 Å². The molecule has 72 valence electrons. The third-order valence-corrected chi connectivity index (χ3v) is 4.79. The van der Waals surface area contributed by atoms with Gasteiger partial charge in [-0.2, -0.15) is 0 Å². The molecule has 3 nitrogen and oxygen atoms in total. The molecule has 3 N–H and O–H groups in total. The normalized spacial score (nSPS) is 25.2. The van der Waals surface area contributed by atoms with Gasteiger partial charge in [-0.25, -0.2) is 0 Å². The summed E-state index contributed by atoms with van der Waals surface area (Å²) in [5.74, 6) is 2.07. The first-order valence-corrected chi connectivity index (χ1v) is 6.05. The largest absolute Gasteiger partial charge is 0.394 e. The van der Waals surface area contributed by atoms with Crippen LogP contribution in [0.15, 0.2) is 0 Å². The van der Waals surface area contributed by atoms with Gasteiger partial charge in [0.1, 0.15) is 12.2 Å². The van der Waals surface area contributed by atoms with Crippen LogP contribution in [-0.2, 0) is 0 Å². The molecular formula is C7H14O3S2.